The van der Waals surface area contributed by atoms with Crippen LogP contribution in [0, 0.1) is 0 Å². The molecule has 0 aliphatic carbocycles. The second-order valence-electron chi connectivity index (χ2n) is 12.8. The predicted octanol–water partition coefficient (Wildman–Crippen LogP) is 12.7. The van der Waals surface area contributed by atoms with E-state index in [1.165, 1.54) is 116 Å². The quantitative estimate of drug-likeness (QED) is 0.0458. The number of unbranched alkanes of at least 4 members (excludes halogenated alkanes) is 23. The van der Waals surface area contributed by atoms with Crippen LogP contribution < -0.4 is 0 Å². The Morgan fingerprint density at radius 2 is 0.881 bits per heavy atom. The third-order valence-corrected chi connectivity index (χ3v) is 8.49. The Morgan fingerprint density at radius 1 is 0.500 bits per heavy atom. The highest BCUT2D eigenvalue weighted by atomic mass is 16.5. The molecule has 0 aliphatic heterocycles. The first-order valence-corrected chi connectivity index (χ1v) is 18.7. The van der Waals surface area contributed by atoms with Crippen LogP contribution in [0.2, 0.25) is 0 Å². The molecule has 1 atom stereocenters. The van der Waals surface area contributed by atoms with Crippen LogP contribution in [0.1, 0.15) is 213 Å². The van der Waals surface area contributed by atoms with Gasteiger partial charge in [-0.3, -0.25) is 9.59 Å². The van der Waals surface area contributed by atoms with E-state index in [4.69, 9.17) is 9.84 Å². The molecular weight excluding hydrogens is 520 g/mol. The molecule has 0 fully saturated rings. The largest absolute Gasteiger partial charge is 0.481 e. The van der Waals surface area contributed by atoms with Crippen LogP contribution in [0.25, 0.3) is 0 Å². The Bertz CT molecular complexity index is 600. The number of esters is 1. The number of carbonyl (C=O) groups excluding carboxylic acids is 1. The topological polar surface area (TPSA) is 63.6 Å². The van der Waals surface area contributed by atoms with Gasteiger partial charge >= 0.3 is 11.9 Å². The maximum Gasteiger partial charge on any atom is 0.306 e. The fourth-order valence-electron chi connectivity index (χ4n) is 5.69. The Kier molecular flexibility index (Phi) is 33.1. The molecule has 0 aromatic rings. The SMILES string of the molecule is CCCC/C=C\CCCCCCCC(=O)OC(CCCCCCCCCCCCCC)CCCCCCCCC(=O)O. The maximum absolute atomic E-state index is 12.6. The molecule has 42 heavy (non-hydrogen) atoms. The minimum atomic E-state index is -0.692. The molecule has 0 rings (SSSR count). The molecule has 4 heteroatoms. The molecule has 0 bridgehead atoms. The van der Waals surface area contributed by atoms with Crippen LogP contribution in [0.15, 0.2) is 12.2 Å². The summed E-state index contributed by atoms with van der Waals surface area (Å²) >= 11 is 0. The van der Waals surface area contributed by atoms with Crippen molar-refractivity contribution in [3.05, 3.63) is 12.2 Å². The van der Waals surface area contributed by atoms with E-state index in [9.17, 15) is 9.59 Å². The summed E-state index contributed by atoms with van der Waals surface area (Å²) in [7, 11) is 0. The summed E-state index contributed by atoms with van der Waals surface area (Å²) in [5.74, 6) is -0.686. The van der Waals surface area contributed by atoms with Gasteiger partial charge in [-0.05, 0) is 57.8 Å². The summed E-state index contributed by atoms with van der Waals surface area (Å²) in [6.07, 6.45) is 40.8. The average molecular weight is 593 g/mol. The lowest BCUT2D eigenvalue weighted by atomic mass is 10.0. The lowest BCUT2D eigenvalue weighted by Gasteiger charge is -2.18. The molecule has 0 spiro atoms. The molecule has 0 amide bonds. The van der Waals surface area contributed by atoms with E-state index in [1.54, 1.807) is 0 Å². The van der Waals surface area contributed by atoms with Crippen LogP contribution in [0.5, 0.6) is 0 Å². The number of carboxylic acids is 1. The van der Waals surface area contributed by atoms with Crippen molar-refractivity contribution >= 4 is 11.9 Å². The van der Waals surface area contributed by atoms with E-state index in [1.807, 2.05) is 0 Å². The summed E-state index contributed by atoms with van der Waals surface area (Å²) in [6, 6.07) is 0. The smallest absolute Gasteiger partial charge is 0.306 e. The minimum absolute atomic E-state index is 0.00599. The molecule has 0 saturated heterocycles. The van der Waals surface area contributed by atoms with Gasteiger partial charge < -0.3 is 9.84 Å². The highest BCUT2D eigenvalue weighted by Gasteiger charge is 2.14. The third-order valence-electron chi connectivity index (χ3n) is 8.49. The fourth-order valence-corrected chi connectivity index (χ4v) is 5.69. The summed E-state index contributed by atoms with van der Waals surface area (Å²) in [5.41, 5.74) is 0. The Hall–Kier alpha value is -1.32. The lowest BCUT2D eigenvalue weighted by Crippen LogP contribution is -2.18. The van der Waals surface area contributed by atoms with Gasteiger partial charge in [0.2, 0.25) is 0 Å². The van der Waals surface area contributed by atoms with Crippen molar-refractivity contribution in [3.8, 4) is 0 Å². The maximum atomic E-state index is 12.6. The summed E-state index contributed by atoms with van der Waals surface area (Å²) in [5, 5.41) is 8.77. The fraction of sp³-hybridized carbons (Fsp3) is 0.895. The van der Waals surface area contributed by atoms with Crippen LogP contribution in [-0.4, -0.2) is 23.1 Å². The normalized spacial score (nSPS) is 12.2. The van der Waals surface area contributed by atoms with Crippen molar-refractivity contribution in [1.29, 1.82) is 0 Å². The van der Waals surface area contributed by atoms with E-state index in [0.29, 0.717) is 6.42 Å². The Balaban J connectivity index is 4.08. The number of carbonyl (C=O) groups is 2. The average Bonchev–Trinajstić information content (AvgIpc) is 2.97. The van der Waals surface area contributed by atoms with Crippen LogP contribution in [0.4, 0.5) is 0 Å². The van der Waals surface area contributed by atoms with E-state index < -0.39 is 5.97 Å². The van der Waals surface area contributed by atoms with Gasteiger partial charge in [-0.1, -0.05) is 154 Å². The van der Waals surface area contributed by atoms with E-state index >= 15 is 0 Å². The van der Waals surface area contributed by atoms with E-state index in [-0.39, 0.29) is 18.5 Å². The number of rotatable bonds is 34. The highest BCUT2D eigenvalue weighted by Crippen LogP contribution is 2.19. The van der Waals surface area contributed by atoms with Gasteiger partial charge in [0.15, 0.2) is 0 Å². The second kappa shape index (κ2) is 34.2. The van der Waals surface area contributed by atoms with E-state index in [0.717, 1.165) is 70.6 Å². The van der Waals surface area contributed by atoms with Crippen LogP contribution >= 0.6 is 0 Å². The standard InChI is InChI=1S/C38H72O4/c1-3-5-7-9-11-13-15-17-18-20-24-28-32-36(33-29-25-22-23-26-30-34-37(39)40)42-38(41)35-31-27-21-19-16-14-12-10-8-6-4-2/h10,12,36H,3-9,11,13-35H2,1-2H3,(H,39,40)/b12-10-. The minimum Gasteiger partial charge on any atom is -0.481 e. The lowest BCUT2D eigenvalue weighted by molar-refractivity contribution is -0.150. The highest BCUT2D eigenvalue weighted by molar-refractivity contribution is 5.69. The summed E-state index contributed by atoms with van der Waals surface area (Å²) in [6.45, 7) is 4.52. The van der Waals surface area contributed by atoms with Gasteiger partial charge in [-0.25, -0.2) is 0 Å². The number of ether oxygens (including phenoxy) is 1. The van der Waals surface area contributed by atoms with Gasteiger partial charge in [0.05, 0.1) is 0 Å². The molecular formula is C38H72O4. The van der Waals surface area contributed by atoms with Crippen LogP contribution in [-0.2, 0) is 14.3 Å². The first kappa shape index (κ1) is 40.7. The number of allylic oxidation sites excluding steroid dienone is 2. The zero-order valence-corrected chi connectivity index (χ0v) is 28.3. The van der Waals surface area contributed by atoms with Gasteiger partial charge in [0.1, 0.15) is 6.10 Å². The van der Waals surface area contributed by atoms with E-state index in [2.05, 4.69) is 26.0 Å². The molecule has 0 saturated carbocycles. The number of aliphatic carboxylic acids is 1. The Labute approximate surface area is 262 Å². The molecule has 0 heterocycles. The van der Waals surface area contributed by atoms with Crippen molar-refractivity contribution < 1.29 is 19.4 Å². The third kappa shape index (κ3) is 33.2. The number of hydrogen-bond acceptors (Lipinski definition) is 3. The summed E-state index contributed by atoms with van der Waals surface area (Å²) in [4.78, 5) is 23.3. The predicted molar refractivity (Wildman–Crippen MR) is 181 cm³/mol. The zero-order chi connectivity index (χ0) is 30.8. The van der Waals surface area contributed by atoms with Crippen molar-refractivity contribution in [2.45, 2.75) is 219 Å². The molecule has 0 radical (unpaired) electrons. The number of hydrogen-bond donors (Lipinski definition) is 1. The molecule has 248 valence electrons. The molecule has 0 aromatic heterocycles. The van der Waals surface area contributed by atoms with Gasteiger partial charge in [-0.15, -0.1) is 0 Å². The molecule has 0 aromatic carbocycles. The monoisotopic (exact) mass is 593 g/mol. The van der Waals surface area contributed by atoms with Crippen molar-refractivity contribution in [1.82, 2.24) is 0 Å². The summed E-state index contributed by atoms with van der Waals surface area (Å²) < 4.78 is 6.00. The molecule has 1 unspecified atom stereocenters. The van der Waals surface area contributed by atoms with Crippen molar-refractivity contribution in [3.63, 3.8) is 0 Å². The Morgan fingerprint density at radius 3 is 1.36 bits per heavy atom. The number of carboxylic acid groups (broad SMARTS) is 1. The van der Waals surface area contributed by atoms with Crippen molar-refractivity contribution in [2.24, 2.45) is 0 Å². The van der Waals surface area contributed by atoms with Gasteiger partial charge in [0, 0.05) is 12.8 Å². The first-order chi connectivity index (χ1) is 20.6. The van der Waals surface area contributed by atoms with Gasteiger partial charge in [-0.2, -0.15) is 0 Å². The second-order valence-corrected chi connectivity index (χ2v) is 12.8. The van der Waals surface area contributed by atoms with Crippen LogP contribution in [0.3, 0.4) is 0 Å². The zero-order valence-electron chi connectivity index (χ0n) is 28.3. The molecule has 4 nitrogen and oxygen atoms in total. The van der Waals surface area contributed by atoms with Gasteiger partial charge in [0.25, 0.3) is 0 Å². The molecule has 0 aliphatic rings. The molecule has 1 N–H and O–H groups in total. The first-order valence-electron chi connectivity index (χ1n) is 18.7. The van der Waals surface area contributed by atoms with Crippen molar-refractivity contribution in [2.75, 3.05) is 0 Å².